The molecule has 0 saturated heterocycles. The molecule has 0 saturated carbocycles. The van der Waals surface area contributed by atoms with Gasteiger partial charge in [0.25, 0.3) is 0 Å². The number of rotatable bonds is 0. The van der Waals surface area contributed by atoms with Crippen LogP contribution < -0.4 is 9.47 Å². The molecule has 0 radical (unpaired) electrons. The van der Waals surface area contributed by atoms with Crippen LogP contribution in [0.15, 0.2) is 6.07 Å². The smallest absolute Gasteiger partial charge is 0.140 e. The number of aromatic hydroxyl groups is 1. The zero-order valence-electron chi connectivity index (χ0n) is 5.76. The van der Waals surface area contributed by atoms with Crippen molar-refractivity contribution in [3.63, 3.8) is 0 Å². The molecular formula is C8H6O3. The molecule has 0 unspecified atom stereocenters. The molecule has 3 rings (SSSR count). The highest BCUT2D eigenvalue weighted by Crippen LogP contribution is 2.48. The van der Waals surface area contributed by atoms with E-state index >= 15 is 0 Å². The van der Waals surface area contributed by atoms with Gasteiger partial charge in [-0.3, -0.25) is 0 Å². The van der Waals surface area contributed by atoms with Crippen LogP contribution in [0, 0.1) is 0 Å². The van der Waals surface area contributed by atoms with Crippen molar-refractivity contribution in [1.29, 1.82) is 0 Å². The molecule has 0 atom stereocenters. The SMILES string of the molecule is Oc1cc2c(c3c1CO3)CO2. The van der Waals surface area contributed by atoms with Crippen LogP contribution in [0.3, 0.4) is 0 Å². The summed E-state index contributed by atoms with van der Waals surface area (Å²) in [6.07, 6.45) is 0. The number of hydrogen-bond acceptors (Lipinski definition) is 3. The van der Waals surface area contributed by atoms with Crippen LogP contribution in [0.4, 0.5) is 0 Å². The van der Waals surface area contributed by atoms with Crippen LogP contribution in [0.2, 0.25) is 0 Å². The van der Waals surface area contributed by atoms with Crippen molar-refractivity contribution in [3.8, 4) is 17.2 Å². The number of fused-ring (bicyclic) bond motifs is 3. The van der Waals surface area contributed by atoms with E-state index in [1.54, 1.807) is 6.07 Å². The fraction of sp³-hybridized carbons (Fsp3) is 0.250. The molecule has 0 fully saturated rings. The van der Waals surface area contributed by atoms with Gasteiger partial charge in [-0.05, 0) is 0 Å². The van der Waals surface area contributed by atoms with Gasteiger partial charge in [0.2, 0.25) is 0 Å². The molecule has 3 heteroatoms. The monoisotopic (exact) mass is 150 g/mol. The normalized spacial score (nSPS) is 16.4. The molecule has 0 aliphatic carbocycles. The minimum Gasteiger partial charge on any atom is -0.507 e. The number of ether oxygens (including phenoxy) is 2. The quantitative estimate of drug-likeness (QED) is 0.603. The van der Waals surface area contributed by atoms with E-state index in [1.807, 2.05) is 0 Å². The number of hydrogen-bond donors (Lipinski definition) is 1. The third-order valence-corrected chi connectivity index (χ3v) is 2.16. The lowest BCUT2D eigenvalue weighted by molar-refractivity contribution is 0.186. The predicted octanol–water partition coefficient (Wildman–Crippen LogP) is 1.18. The second-order valence-corrected chi connectivity index (χ2v) is 2.76. The van der Waals surface area contributed by atoms with E-state index in [1.165, 1.54) is 0 Å². The van der Waals surface area contributed by atoms with Crippen LogP contribution in [0.1, 0.15) is 11.1 Å². The summed E-state index contributed by atoms with van der Waals surface area (Å²) in [4.78, 5) is 0. The molecule has 0 spiro atoms. The van der Waals surface area contributed by atoms with Crippen molar-refractivity contribution in [2.24, 2.45) is 0 Å². The molecule has 0 aromatic heterocycles. The summed E-state index contributed by atoms with van der Waals surface area (Å²) in [5.74, 6) is 1.90. The van der Waals surface area contributed by atoms with E-state index < -0.39 is 0 Å². The van der Waals surface area contributed by atoms with E-state index in [0.29, 0.717) is 19.0 Å². The van der Waals surface area contributed by atoms with Gasteiger partial charge >= 0.3 is 0 Å². The highest BCUT2D eigenvalue weighted by Gasteiger charge is 2.31. The van der Waals surface area contributed by atoms with Gasteiger partial charge in [-0.1, -0.05) is 0 Å². The first-order valence-corrected chi connectivity index (χ1v) is 3.49. The lowest BCUT2D eigenvalue weighted by atomic mass is 10.0. The fourth-order valence-electron chi connectivity index (χ4n) is 1.42. The minimum atomic E-state index is 0.296. The molecule has 2 aliphatic heterocycles. The van der Waals surface area contributed by atoms with Gasteiger partial charge in [0.1, 0.15) is 30.5 Å². The Labute approximate surface area is 63.2 Å². The highest BCUT2D eigenvalue weighted by atomic mass is 16.5. The fourth-order valence-corrected chi connectivity index (χ4v) is 1.42. The van der Waals surface area contributed by atoms with Gasteiger partial charge < -0.3 is 14.6 Å². The third kappa shape index (κ3) is 0.461. The van der Waals surface area contributed by atoms with Crippen LogP contribution in [-0.2, 0) is 13.2 Å². The summed E-state index contributed by atoms with van der Waals surface area (Å²) in [5.41, 5.74) is 2.02. The maximum absolute atomic E-state index is 9.33. The average molecular weight is 150 g/mol. The number of phenols is 1. The molecule has 11 heavy (non-hydrogen) atoms. The van der Waals surface area contributed by atoms with E-state index in [9.17, 15) is 5.11 Å². The molecule has 1 aromatic rings. The Morgan fingerprint density at radius 2 is 2.00 bits per heavy atom. The molecule has 2 aliphatic rings. The summed E-state index contributed by atoms with van der Waals surface area (Å²) in [6, 6.07) is 1.65. The van der Waals surface area contributed by atoms with Crippen molar-refractivity contribution in [3.05, 3.63) is 17.2 Å². The van der Waals surface area contributed by atoms with Gasteiger partial charge in [-0.2, -0.15) is 0 Å². The molecule has 1 aromatic carbocycles. The van der Waals surface area contributed by atoms with E-state index in [4.69, 9.17) is 9.47 Å². The lowest BCUT2D eigenvalue weighted by Gasteiger charge is -2.30. The maximum Gasteiger partial charge on any atom is 0.140 e. The van der Waals surface area contributed by atoms with E-state index in [0.717, 1.165) is 22.6 Å². The molecule has 2 heterocycles. The van der Waals surface area contributed by atoms with Gasteiger partial charge in [-0.15, -0.1) is 0 Å². The standard InChI is InChI=1S/C8H6O3/c9-6-1-7-5(3-10-7)8-4(6)2-11-8/h1,9H,2-3H2. The molecule has 1 N–H and O–H groups in total. The number of benzene rings is 1. The Hall–Kier alpha value is -1.38. The van der Waals surface area contributed by atoms with Crippen molar-refractivity contribution in [2.75, 3.05) is 0 Å². The summed E-state index contributed by atoms with van der Waals surface area (Å²) < 4.78 is 10.3. The van der Waals surface area contributed by atoms with Gasteiger partial charge in [0, 0.05) is 6.07 Å². The van der Waals surface area contributed by atoms with Crippen LogP contribution in [0.25, 0.3) is 0 Å². The number of phenolic OH excluding ortho intramolecular Hbond substituents is 1. The Bertz CT molecular complexity index is 323. The first-order valence-electron chi connectivity index (χ1n) is 3.49. The highest BCUT2D eigenvalue weighted by molar-refractivity contribution is 5.61. The van der Waals surface area contributed by atoms with Crippen molar-refractivity contribution in [1.82, 2.24) is 0 Å². The summed E-state index contributed by atoms with van der Waals surface area (Å²) in [5, 5.41) is 9.33. The molecule has 56 valence electrons. The van der Waals surface area contributed by atoms with Crippen molar-refractivity contribution in [2.45, 2.75) is 13.2 Å². The van der Waals surface area contributed by atoms with Crippen molar-refractivity contribution < 1.29 is 14.6 Å². The Morgan fingerprint density at radius 1 is 1.18 bits per heavy atom. The van der Waals surface area contributed by atoms with Crippen LogP contribution in [0.5, 0.6) is 17.2 Å². The van der Waals surface area contributed by atoms with E-state index in [2.05, 4.69) is 0 Å². The second kappa shape index (κ2) is 1.44. The van der Waals surface area contributed by atoms with Crippen LogP contribution in [-0.4, -0.2) is 5.11 Å². The zero-order chi connectivity index (χ0) is 7.42. The lowest BCUT2D eigenvalue weighted by Crippen LogP contribution is -2.19. The summed E-state index contributed by atoms with van der Waals surface area (Å²) >= 11 is 0. The van der Waals surface area contributed by atoms with Gasteiger partial charge in [-0.25, -0.2) is 0 Å². The minimum absolute atomic E-state index is 0.296. The second-order valence-electron chi connectivity index (χ2n) is 2.76. The Morgan fingerprint density at radius 3 is 2.55 bits per heavy atom. The first-order chi connectivity index (χ1) is 5.36. The third-order valence-electron chi connectivity index (χ3n) is 2.16. The molecule has 0 bridgehead atoms. The summed E-state index contributed by atoms with van der Waals surface area (Å²) in [6.45, 7) is 1.16. The topological polar surface area (TPSA) is 38.7 Å². The predicted molar refractivity (Wildman–Crippen MR) is 36.8 cm³/mol. The van der Waals surface area contributed by atoms with Crippen LogP contribution >= 0.6 is 0 Å². The van der Waals surface area contributed by atoms with E-state index in [-0.39, 0.29) is 0 Å². The Balaban J connectivity index is 2.35. The molecular weight excluding hydrogens is 144 g/mol. The zero-order valence-corrected chi connectivity index (χ0v) is 5.76. The van der Waals surface area contributed by atoms with Crippen molar-refractivity contribution >= 4 is 0 Å². The van der Waals surface area contributed by atoms with Gasteiger partial charge in [0.15, 0.2) is 0 Å². The Kier molecular flexibility index (Phi) is 0.695. The van der Waals surface area contributed by atoms with Gasteiger partial charge in [0.05, 0.1) is 11.1 Å². The maximum atomic E-state index is 9.33. The molecule has 0 amide bonds. The first kappa shape index (κ1) is 5.29. The largest absolute Gasteiger partial charge is 0.507 e. The molecule has 3 nitrogen and oxygen atoms in total. The summed E-state index contributed by atoms with van der Waals surface area (Å²) in [7, 11) is 0. The average Bonchev–Trinajstić information content (AvgIpc) is 1.88.